The number of benzene rings is 2. The molecule has 0 bridgehead atoms. The predicted octanol–water partition coefficient (Wildman–Crippen LogP) is 4.62. The zero-order valence-corrected chi connectivity index (χ0v) is 16.7. The Balaban J connectivity index is 2.49. The molecule has 1 heterocycles. The molecule has 0 saturated carbocycles. The molecule has 3 aromatic rings. The van der Waals surface area contributed by atoms with Gasteiger partial charge >= 0.3 is 0 Å². The summed E-state index contributed by atoms with van der Waals surface area (Å²) < 4.78 is 5.73. The van der Waals surface area contributed by atoms with Crippen LogP contribution in [0.1, 0.15) is 11.3 Å². The highest BCUT2D eigenvalue weighted by atomic mass is 35.5. The fraction of sp³-hybridized carbons (Fsp3) is 0.200. The summed E-state index contributed by atoms with van der Waals surface area (Å²) in [6.45, 7) is 0.534. The lowest BCUT2D eigenvalue weighted by atomic mass is 10.0. The lowest BCUT2D eigenvalue weighted by molar-refractivity contribution is 0.396. The van der Waals surface area contributed by atoms with E-state index in [1.807, 2.05) is 37.2 Å². The van der Waals surface area contributed by atoms with Crippen molar-refractivity contribution < 1.29 is 4.74 Å². The Morgan fingerprint density at radius 2 is 1.96 bits per heavy atom. The van der Waals surface area contributed by atoms with Crippen molar-refractivity contribution in [2.24, 2.45) is 0 Å². The van der Waals surface area contributed by atoms with E-state index < -0.39 is 0 Å². The number of rotatable bonds is 4. The van der Waals surface area contributed by atoms with Gasteiger partial charge in [0.25, 0.3) is 0 Å². The number of hydrogen-bond acceptors (Lipinski definition) is 6. The zero-order valence-electron chi connectivity index (χ0n) is 15.2. The maximum atomic E-state index is 9.49. The van der Waals surface area contributed by atoms with Crippen LogP contribution in [0.2, 0.25) is 5.02 Å². The summed E-state index contributed by atoms with van der Waals surface area (Å²) in [5.41, 5.74) is 3.05. The quantitative estimate of drug-likeness (QED) is 0.599. The number of methoxy groups -OCH3 is 1. The van der Waals surface area contributed by atoms with Gasteiger partial charge in [0.15, 0.2) is 0 Å². The maximum absolute atomic E-state index is 9.49. The largest absolute Gasteiger partial charge is 0.495 e. The molecule has 3 rings (SSSR count). The third-order valence-electron chi connectivity index (χ3n) is 4.00. The first-order chi connectivity index (χ1) is 12.9. The third-order valence-corrected chi connectivity index (χ3v) is 4.66. The topological polar surface area (TPSA) is 62.0 Å². The van der Waals surface area contributed by atoms with E-state index in [-0.39, 0.29) is 0 Å². The number of hydrogen-bond donors (Lipinski definition) is 0. The highest BCUT2D eigenvalue weighted by molar-refractivity contribution is 7.71. The molecular weight excluding hydrogens is 380 g/mol. The molecule has 2 aromatic carbocycles. The average molecular weight is 397 g/mol. The summed E-state index contributed by atoms with van der Waals surface area (Å²) in [4.78, 5) is 11.4. The molecule has 0 atom stereocenters. The Bertz CT molecular complexity index is 1130. The van der Waals surface area contributed by atoms with Gasteiger partial charge in [0.1, 0.15) is 16.5 Å². The molecule has 0 aliphatic rings. The van der Waals surface area contributed by atoms with E-state index >= 15 is 0 Å². The Kier molecular flexibility index (Phi) is 5.66. The van der Waals surface area contributed by atoms with Crippen LogP contribution in [0.15, 0.2) is 36.4 Å². The van der Waals surface area contributed by atoms with Crippen molar-refractivity contribution in [1.82, 2.24) is 14.9 Å². The second kappa shape index (κ2) is 7.97. The number of aromatic nitrogens is 2. The molecule has 0 unspecified atom stereocenters. The molecule has 0 N–H and O–H groups in total. The third kappa shape index (κ3) is 3.91. The van der Waals surface area contributed by atoms with Gasteiger partial charge in [-0.1, -0.05) is 42.0 Å². The Morgan fingerprint density at radius 1 is 1.22 bits per heavy atom. The van der Waals surface area contributed by atoms with E-state index in [0.29, 0.717) is 49.8 Å². The van der Waals surface area contributed by atoms with E-state index in [4.69, 9.17) is 33.5 Å². The number of halogens is 1. The normalized spacial score (nSPS) is 10.8. The monoisotopic (exact) mass is 396 g/mol. The van der Waals surface area contributed by atoms with Gasteiger partial charge in [-0.3, -0.25) is 0 Å². The number of ether oxygens (including phenoxy) is 1. The van der Waals surface area contributed by atoms with Gasteiger partial charge in [0.05, 0.1) is 29.6 Å². The summed E-state index contributed by atoms with van der Waals surface area (Å²) in [5.74, 6) is 0.442. The van der Waals surface area contributed by atoms with Crippen LogP contribution < -0.4 is 4.74 Å². The van der Waals surface area contributed by atoms with Crippen LogP contribution in [-0.4, -0.2) is 36.1 Å². The van der Waals surface area contributed by atoms with E-state index in [9.17, 15) is 5.26 Å². The molecule has 7 heteroatoms. The summed E-state index contributed by atoms with van der Waals surface area (Å²) in [6, 6.07) is 13.0. The molecule has 136 valence electrons. The van der Waals surface area contributed by atoms with Crippen molar-refractivity contribution in [2.45, 2.75) is 6.54 Å². The highest BCUT2D eigenvalue weighted by Crippen LogP contribution is 2.34. The molecule has 5 nitrogen and oxygen atoms in total. The lowest BCUT2D eigenvalue weighted by Gasteiger charge is -2.09. The van der Waals surface area contributed by atoms with Crippen LogP contribution in [0, 0.1) is 16.0 Å². The van der Waals surface area contributed by atoms with Crippen LogP contribution in [0.3, 0.4) is 0 Å². The van der Waals surface area contributed by atoms with Crippen LogP contribution in [-0.2, 0) is 6.54 Å². The van der Waals surface area contributed by atoms with E-state index in [0.717, 1.165) is 5.56 Å². The first-order valence-electron chi connectivity index (χ1n) is 8.17. The average Bonchev–Trinajstić information content (AvgIpc) is 2.77. The lowest BCUT2D eigenvalue weighted by Crippen LogP contribution is -2.12. The van der Waals surface area contributed by atoms with Gasteiger partial charge in [-0.15, -0.1) is 0 Å². The van der Waals surface area contributed by atoms with Crippen molar-refractivity contribution in [1.29, 1.82) is 5.26 Å². The molecule has 0 amide bonds. The number of nitrogens with zero attached hydrogens (tertiary/aromatic N) is 4. The van der Waals surface area contributed by atoms with Gasteiger partial charge in [-0.05, 0) is 26.2 Å². The Morgan fingerprint density at radius 3 is 2.59 bits per heavy atom. The summed E-state index contributed by atoms with van der Waals surface area (Å²) >= 11 is 12.0. The molecule has 0 aliphatic carbocycles. The Hall–Kier alpha value is -2.59. The molecule has 27 heavy (non-hydrogen) atoms. The molecule has 0 spiro atoms. The highest BCUT2D eigenvalue weighted by Gasteiger charge is 2.15. The fourth-order valence-electron chi connectivity index (χ4n) is 2.79. The van der Waals surface area contributed by atoms with Crippen LogP contribution >= 0.6 is 23.8 Å². The zero-order chi connectivity index (χ0) is 19.6. The minimum absolute atomic E-state index is 0.396. The predicted molar refractivity (Wildman–Crippen MR) is 109 cm³/mol. The van der Waals surface area contributed by atoms with Gasteiger partial charge in [-0.25, -0.2) is 9.97 Å². The van der Waals surface area contributed by atoms with E-state index in [1.54, 1.807) is 18.2 Å². The van der Waals surface area contributed by atoms with E-state index in [1.165, 1.54) is 7.11 Å². The summed E-state index contributed by atoms with van der Waals surface area (Å²) in [6.07, 6.45) is 0. The number of nitriles is 1. The molecule has 0 saturated heterocycles. The molecule has 1 aromatic heterocycles. The second-order valence-electron chi connectivity index (χ2n) is 6.22. The minimum atomic E-state index is 0.396. The molecule has 0 fully saturated rings. The smallest absolute Gasteiger partial charge is 0.149 e. The standard InChI is InChI=1S/C20H17ClN4OS/c1-25(2)11-17-20(27)24-16-9-18(26-3)12(10-22)8-14(16)19(23-17)13-6-4-5-7-15(13)21/h4-9H,11H2,1-3H3. The van der Waals surface area contributed by atoms with Crippen LogP contribution in [0.5, 0.6) is 5.75 Å². The van der Waals surface area contributed by atoms with Crippen LogP contribution in [0.25, 0.3) is 22.2 Å². The molecule has 0 aliphatic heterocycles. The summed E-state index contributed by atoms with van der Waals surface area (Å²) in [5, 5.41) is 10.7. The fourth-order valence-corrected chi connectivity index (χ4v) is 3.22. The van der Waals surface area contributed by atoms with Crippen molar-refractivity contribution in [3.8, 4) is 23.1 Å². The van der Waals surface area contributed by atoms with Gasteiger partial charge in [0, 0.05) is 28.6 Å². The van der Waals surface area contributed by atoms with Gasteiger partial charge < -0.3 is 9.64 Å². The second-order valence-corrected chi connectivity index (χ2v) is 7.02. The number of fused-ring (bicyclic) bond motifs is 1. The summed E-state index contributed by atoms with van der Waals surface area (Å²) in [7, 11) is 5.40. The minimum Gasteiger partial charge on any atom is -0.495 e. The Labute approximate surface area is 167 Å². The van der Waals surface area contributed by atoms with Crippen molar-refractivity contribution >= 4 is 34.7 Å². The van der Waals surface area contributed by atoms with E-state index in [2.05, 4.69) is 11.1 Å². The maximum Gasteiger partial charge on any atom is 0.149 e. The van der Waals surface area contributed by atoms with Gasteiger partial charge in [-0.2, -0.15) is 5.26 Å². The van der Waals surface area contributed by atoms with Crippen molar-refractivity contribution in [3.63, 3.8) is 0 Å². The molecular formula is C20H17ClN4OS. The molecule has 0 radical (unpaired) electrons. The van der Waals surface area contributed by atoms with Crippen molar-refractivity contribution in [3.05, 3.63) is 57.3 Å². The van der Waals surface area contributed by atoms with Crippen molar-refractivity contribution in [2.75, 3.05) is 21.2 Å². The first-order valence-corrected chi connectivity index (χ1v) is 8.96. The SMILES string of the molecule is COc1cc2nc(=S)c(CN(C)C)nc(-c3ccccc3Cl)c2cc1C#N. The van der Waals surface area contributed by atoms with Crippen LogP contribution in [0.4, 0.5) is 0 Å². The van der Waals surface area contributed by atoms with Gasteiger partial charge in [0.2, 0.25) is 0 Å². The first kappa shape index (κ1) is 19.2.